The first-order chi connectivity index (χ1) is 13.1. The van der Waals surface area contributed by atoms with E-state index in [1.54, 1.807) is 0 Å². The molecule has 1 aliphatic rings. The minimum absolute atomic E-state index is 0.0653. The highest BCUT2D eigenvalue weighted by Crippen LogP contribution is 2.33. The molecule has 140 valence electrons. The molecular formula is C22H25N3OS. The van der Waals surface area contributed by atoms with Gasteiger partial charge < -0.3 is 10.2 Å². The Kier molecular flexibility index (Phi) is 5.12. The molecular weight excluding hydrogens is 354 g/mol. The molecule has 27 heavy (non-hydrogen) atoms. The third kappa shape index (κ3) is 3.83. The maximum atomic E-state index is 12.6. The number of nitrogens with one attached hydrogen (secondary N) is 1. The molecule has 0 unspecified atom stereocenters. The van der Waals surface area contributed by atoms with Gasteiger partial charge in [0, 0.05) is 45.9 Å². The quantitative estimate of drug-likeness (QED) is 0.692. The molecule has 4 rings (SSSR count). The summed E-state index contributed by atoms with van der Waals surface area (Å²) in [7, 11) is 0. The minimum atomic E-state index is 0.0653. The van der Waals surface area contributed by atoms with Crippen molar-refractivity contribution in [2.45, 2.75) is 33.1 Å². The zero-order valence-electron chi connectivity index (χ0n) is 15.9. The van der Waals surface area contributed by atoms with Crippen molar-refractivity contribution in [3.63, 3.8) is 0 Å². The zero-order chi connectivity index (χ0) is 18.8. The van der Waals surface area contributed by atoms with E-state index in [0.29, 0.717) is 0 Å². The van der Waals surface area contributed by atoms with Crippen LogP contribution in [0, 0.1) is 12.8 Å². The lowest BCUT2D eigenvalue weighted by atomic mass is 9.95. The van der Waals surface area contributed by atoms with Crippen LogP contribution in [0.5, 0.6) is 0 Å². The number of anilines is 2. The molecule has 1 saturated heterocycles. The van der Waals surface area contributed by atoms with Gasteiger partial charge in [-0.15, -0.1) is 11.3 Å². The van der Waals surface area contributed by atoms with Crippen molar-refractivity contribution in [1.29, 1.82) is 0 Å². The first-order valence-electron chi connectivity index (χ1n) is 9.64. The second kappa shape index (κ2) is 7.69. The molecule has 4 nitrogen and oxygen atoms in total. The topological polar surface area (TPSA) is 45.2 Å². The summed E-state index contributed by atoms with van der Waals surface area (Å²) in [6.07, 6.45) is 4.63. The Morgan fingerprint density at radius 3 is 2.67 bits per heavy atom. The van der Waals surface area contributed by atoms with Crippen LogP contribution in [0.2, 0.25) is 0 Å². The van der Waals surface area contributed by atoms with Crippen LogP contribution in [-0.2, 0) is 11.2 Å². The van der Waals surface area contributed by atoms with Gasteiger partial charge in [-0.1, -0.05) is 19.1 Å². The van der Waals surface area contributed by atoms with Gasteiger partial charge in [-0.05, 0) is 56.0 Å². The second-order valence-corrected chi connectivity index (χ2v) is 8.49. The third-order valence-electron chi connectivity index (χ3n) is 5.34. The number of carbonyl (C=O) groups is 1. The molecule has 1 aliphatic heterocycles. The van der Waals surface area contributed by atoms with Gasteiger partial charge in [0.2, 0.25) is 5.91 Å². The van der Waals surface area contributed by atoms with E-state index in [0.717, 1.165) is 43.9 Å². The zero-order valence-corrected chi connectivity index (χ0v) is 16.7. The standard InChI is InChI=1S/C22H25N3OS/c1-3-16-4-6-18(7-5-16)24-22(26)17-9-12-25(13-10-17)21-19-14-15(2)27-20(19)8-11-23-21/h4-8,11,14,17H,3,9-10,12-13H2,1-2H3,(H,24,26). The lowest BCUT2D eigenvalue weighted by molar-refractivity contribution is -0.120. The molecule has 0 saturated carbocycles. The summed E-state index contributed by atoms with van der Waals surface area (Å²) in [5, 5.41) is 4.31. The number of hydrogen-bond donors (Lipinski definition) is 1. The lowest BCUT2D eigenvalue weighted by Crippen LogP contribution is -2.38. The first-order valence-corrected chi connectivity index (χ1v) is 10.5. The van der Waals surface area contributed by atoms with E-state index in [1.165, 1.54) is 20.5 Å². The summed E-state index contributed by atoms with van der Waals surface area (Å²) in [6, 6.07) is 12.5. The van der Waals surface area contributed by atoms with Crippen molar-refractivity contribution in [2.75, 3.05) is 23.3 Å². The summed E-state index contributed by atoms with van der Waals surface area (Å²) in [6.45, 7) is 6.01. The molecule has 0 aliphatic carbocycles. The Hall–Kier alpha value is -2.40. The highest BCUT2D eigenvalue weighted by molar-refractivity contribution is 7.19. The number of benzene rings is 1. The Morgan fingerprint density at radius 1 is 1.22 bits per heavy atom. The highest BCUT2D eigenvalue weighted by Gasteiger charge is 2.26. The first kappa shape index (κ1) is 18.0. The van der Waals surface area contributed by atoms with E-state index in [9.17, 15) is 4.79 Å². The highest BCUT2D eigenvalue weighted by atomic mass is 32.1. The number of pyridine rings is 1. The number of aromatic nitrogens is 1. The van der Waals surface area contributed by atoms with Crippen LogP contribution in [0.1, 0.15) is 30.2 Å². The number of aryl methyl sites for hydroxylation is 2. The fraction of sp³-hybridized carbons (Fsp3) is 0.364. The summed E-state index contributed by atoms with van der Waals surface area (Å²) in [5.41, 5.74) is 2.17. The smallest absolute Gasteiger partial charge is 0.227 e. The normalized spacial score (nSPS) is 15.3. The van der Waals surface area contributed by atoms with Gasteiger partial charge in [0.1, 0.15) is 5.82 Å². The molecule has 0 spiro atoms. The van der Waals surface area contributed by atoms with Crippen molar-refractivity contribution in [2.24, 2.45) is 5.92 Å². The van der Waals surface area contributed by atoms with Crippen LogP contribution in [0.4, 0.5) is 11.5 Å². The number of thiophene rings is 1. The van der Waals surface area contributed by atoms with Gasteiger partial charge in [0.15, 0.2) is 0 Å². The monoisotopic (exact) mass is 379 g/mol. The Morgan fingerprint density at radius 2 is 1.96 bits per heavy atom. The molecule has 1 N–H and O–H groups in total. The van der Waals surface area contributed by atoms with E-state index in [4.69, 9.17) is 0 Å². The lowest BCUT2D eigenvalue weighted by Gasteiger charge is -2.32. The number of rotatable bonds is 4. The number of piperidine rings is 1. The fourth-order valence-electron chi connectivity index (χ4n) is 3.75. The van der Waals surface area contributed by atoms with E-state index in [-0.39, 0.29) is 11.8 Å². The van der Waals surface area contributed by atoms with Crippen LogP contribution in [0.3, 0.4) is 0 Å². The Balaban J connectivity index is 1.39. The van der Waals surface area contributed by atoms with Crippen LogP contribution in [0.25, 0.3) is 10.1 Å². The number of hydrogen-bond acceptors (Lipinski definition) is 4. The van der Waals surface area contributed by atoms with Gasteiger partial charge >= 0.3 is 0 Å². The molecule has 1 aromatic carbocycles. The number of amides is 1. The predicted octanol–water partition coefficient (Wildman–Crippen LogP) is 5.02. The minimum Gasteiger partial charge on any atom is -0.356 e. The van der Waals surface area contributed by atoms with Crippen LogP contribution >= 0.6 is 11.3 Å². The Labute approximate surface area is 164 Å². The Bertz CT molecular complexity index is 940. The maximum absolute atomic E-state index is 12.6. The maximum Gasteiger partial charge on any atom is 0.227 e. The largest absolute Gasteiger partial charge is 0.356 e. The fourth-order valence-corrected chi connectivity index (χ4v) is 4.66. The average molecular weight is 380 g/mol. The molecule has 5 heteroatoms. The van der Waals surface area contributed by atoms with Crippen LogP contribution < -0.4 is 10.2 Å². The van der Waals surface area contributed by atoms with Crippen LogP contribution in [-0.4, -0.2) is 24.0 Å². The van der Waals surface area contributed by atoms with Crippen molar-refractivity contribution in [3.8, 4) is 0 Å². The molecule has 3 heterocycles. The number of nitrogens with zero attached hydrogens (tertiary/aromatic N) is 2. The molecule has 0 atom stereocenters. The van der Waals surface area contributed by atoms with E-state index < -0.39 is 0 Å². The third-order valence-corrected chi connectivity index (χ3v) is 6.36. The van der Waals surface area contributed by atoms with E-state index >= 15 is 0 Å². The second-order valence-electron chi connectivity index (χ2n) is 7.20. The van der Waals surface area contributed by atoms with Crippen molar-refractivity contribution < 1.29 is 4.79 Å². The van der Waals surface area contributed by atoms with Crippen molar-refractivity contribution >= 4 is 38.8 Å². The van der Waals surface area contributed by atoms with Crippen LogP contribution in [0.15, 0.2) is 42.6 Å². The van der Waals surface area contributed by atoms with E-state index in [1.807, 2.05) is 29.7 Å². The van der Waals surface area contributed by atoms with Gasteiger partial charge in [-0.2, -0.15) is 0 Å². The molecule has 3 aromatic rings. The van der Waals surface area contributed by atoms with Gasteiger partial charge in [0.05, 0.1) is 0 Å². The summed E-state index contributed by atoms with van der Waals surface area (Å²) in [4.78, 5) is 20.9. The number of fused-ring (bicyclic) bond motifs is 1. The van der Waals surface area contributed by atoms with Crippen molar-refractivity contribution in [1.82, 2.24) is 4.98 Å². The SMILES string of the molecule is CCc1ccc(NC(=O)C2CCN(c3nccc4sc(C)cc34)CC2)cc1. The number of carbonyl (C=O) groups excluding carboxylic acids is 1. The molecule has 0 radical (unpaired) electrons. The molecule has 0 bridgehead atoms. The van der Waals surface area contributed by atoms with Gasteiger partial charge in [0.25, 0.3) is 0 Å². The summed E-state index contributed by atoms with van der Waals surface area (Å²) in [5.74, 6) is 1.26. The summed E-state index contributed by atoms with van der Waals surface area (Å²) < 4.78 is 1.29. The summed E-state index contributed by atoms with van der Waals surface area (Å²) >= 11 is 1.81. The average Bonchev–Trinajstić information content (AvgIpc) is 3.09. The predicted molar refractivity (Wildman–Crippen MR) is 114 cm³/mol. The van der Waals surface area contributed by atoms with E-state index in [2.05, 4.69) is 53.3 Å². The molecule has 1 amide bonds. The van der Waals surface area contributed by atoms with Crippen molar-refractivity contribution in [3.05, 3.63) is 53.0 Å². The molecule has 1 fully saturated rings. The van der Waals surface area contributed by atoms with Gasteiger partial charge in [-0.3, -0.25) is 4.79 Å². The van der Waals surface area contributed by atoms with Gasteiger partial charge in [-0.25, -0.2) is 4.98 Å². The molecule has 2 aromatic heterocycles.